The molecule has 6 nitrogen and oxygen atoms in total. The molecule has 0 aromatic rings. The highest BCUT2D eigenvalue weighted by Gasteiger charge is 2.34. The molecule has 1 saturated heterocycles. The topological polar surface area (TPSA) is 67.9 Å². The van der Waals surface area contributed by atoms with E-state index in [0.29, 0.717) is 13.2 Å². The predicted octanol–water partition coefficient (Wildman–Crippen LogP) is 0.512. The summed E-state index contributed by atoms with van der Waals surface area (Å²) in [4.78, 5) is 25.3. The fraction of sp³-hybridized carbons (Fsp3) is 0.833. The van der Waals surface area contributed by atoms with Gasteiger partial charge in [-0.25, -0.2) is 9.59 Å². The van der Waals surface area contributed by atoms with Crippen LogP contribution in [0.25, 0.3) is 0 Å². The number of hydrogen-bond acceptors (Lipinski definition) is 4. The molecule has 0 bridgehead atoms. The van der Waals surface area contributed by atoms with Crippen LogP contribution in [0.2, 0.25) is 0 Å². The van der Waals surface area contributed by atoms with Gasteiger partial charge in [0.1, 0.15) is 0 Å². The number of carbonyl (C=O) groups is 2. The lowest BCUT2D eigenvalue weighted by molar-refractivity contribution is -0.151. The molecule has 2 amide bonds. The van der Waals surface area contributed by atoms with Crippen LogP contribution in [0.5, 0.6) is 0 Å². The van der Waals surface area contributed by atoms with Crippen LogP contribution in [0, 0.1) is 0 Å². The van der Waals surface area contributed by atoms with Crippen molar-refractivity contribution in [3.63, 3.8) is 0 Å². The third kappa shape index (κ3) is 2.93. The van der Waals surface area contributed by atoms with Gasteiger partial charge >= 0.3 is 12.0 Å². The molecule has 2 fully saturated rings. The zero-order valence-electron chi connectivity index (χ0n) is 10.7. The molecule has 0 aromatic carbocycles. The summed E-state index contributed by atoms with van der Waals surface area (Å²) in [5, 5.41) is 2.98. The van der Waals surface area contributed by atoms with Crippen molar-refractivity contribution in [2.24, 2.45) is 0 Å². The van der Waals surface area contributed by atoms with Crippen LogP contribution in [-0.2, 0) is 14.3 Å². The number of morpholine rings is 1. The smallest absolute Gasteiger partial charge is 0.331 e. The molecule has 1 N–H and O–H groups in total. The molecular formula is C12H20N2O4. The number of carbonyl (C=O) groups excluding carboxylic acids is 2. The standard InChI is InChI=1S/C12H20N2O4/c1-17-11(15)10-8-18-7-6-14(10)12(16)13-9-4-2-3-5-9/h9-10H,2-8H2,1H3,(H,13,16). The number of esters is 1. The summed E-state index contributed by atoms with van der Waals surface area (Å²) in [5.41, 5.74) is 0. The summed E-state index contributed by atoms with van der Waals surface area (Å²) < 4.78 is 9.93. The first-order valence-electron chi connectivity index (χ1n) is 6.45. The van der Waals surface area contributed by atoms with Crippen LogP contribution in [0.4, 0.5) is 4.79 Å². The van der Waals surface area contributed by atoms with Crippen molar-refractivity contribution in [2.75, 3.05) is 26.9 Å². The number of amides is 2. The molecule has 18 heavy (non-hydrogen) atoms. The van der Waals surface area contributed by atoms with Crippen LogP contribution in [0.1, 0.15) is 25.7 Å². The quantitative estimate of drug-likeness (QED) is 0.731. The summed E-state index contributed by atoms with van der Waals surface area (Å²) in [6, 6.07) is -0.551. The molecule has 1 aliphatic heterocycles. The molecule has 1 aliphatic carbocycles. The fourth-order valence-corrected chi connectivity index (χ4v) is 2.51. The van der Waals surface area contributed by atoms with E-state index in [9.17, 15) is 9.59 Å². The Hall–Kier alpha value is -1.30. The van der Waals surface area contributed by atoms with Crippen LogP contribution < -0.4 is 5.32 Å². The Balaban J connectivity index is 1.94. The number of hydrogen-bond donors (Lipinski definition) is 1. The number of urea groups is 1. The molecule has 102 valence electrons. The minimum atomic E-state index is -0.620. The largest absolute Gasteiger partial charge is 0.467 e. The maximum Gasteiger partial charge on any atom is 0.331 e. The third-order valence-electron chi connectivity index (χ3n) is 3.55. The second-order valence-corrected chi connectivity index (χ2v) is 4.74. The van der Waals surface area contributed by atoms with Gasteiger partial charge in [-0.05, 0) is 12.8 Å². The van der Waals surface area contributed by atoms with Gasteiger partial charge in [0.15, 0.2) is 6.04 Å². The molecule has 6 heteroatoms. The normalized spacial score (nSPS) is 24.9. The van der Waals surface area contributed by atoms with Gasteiger partial charge in [0.05, 0.1) is 20.3 Å². The monoisotopic (exact) mass is 256 g/mol. The highest BCUT2D eigenvalue weighted by atomic mass is 16.5. The molecular weight excluding hydrogens is 236 g/mol. The Morgan fingerprint density at radius 1 is 1.33 bits per heavy atom. The highest BCUT2D eigenvalue weighted by molar-refractivity contribution is 5.84. The van der Waals surface area contributed by atoms with E-state index in [2.05, 4.69) is 5.32 Å². The van der Waals surface area contributed by atoms with Gasteiger partial charge in [0, 0.05) is 12.6 Å². The van der Waals surface area contributed by atoms with E-state index in [-0.39, 0.29) is 18.7 Å². The molecule has 0 radical (unpaired) electrons. The average molecular weight is 256 g/mol. The maximum absolute atomic E-state index is 12.1. The van der Waals surface area contributed by atoms with Crippen molar-refractivity contribution < 1.29 is 19.1 Å². The maximum atomic E-state index is 12.1. The lowest BCUT2D eigenvalue weighted by Crippen LogP contribution is -2.57. The van der Waals surface area contributed by atoms with E-state index < -0.39 is 12.0 Å². The van der Waals surface area contributed by atoms with Gasteiger partial charge in [-0.2, -0.15) is 0 Å². The van der Waals surface area contributed by atoms with E-state index in [1.807, 2.05) is 0 Å². The zero-order valence-corrected chi connectivity index (χ0v) is 10.7. The van der Waals surface area contributed by atoms with Gasteiger partial charge < -0.3 is 19.7 Å². The average Bonchev–Trinajstić information content (AvgIpc) is 2.90. The summed E-state index contributed by atoms with van der Waals surface area (Å²) >= 11 is 0. The molecule has 2 rings (SSSR count). The predicted molar refractivity (Wildman–Crippen MR) is 64.1 cm³/mol. The van der Waals surface area contributed by atoms with Crippen molar-refractivity contribution >= 4 is 12.0 Å². The van der Waals surface area contributed by atoms with Gasteiger partial charge in [-0.3, -0.25) is 0 Å². The molecule has 0 aromatic heterocycles. The van der Waals surface area contributed by atoms with E-state index in [0.717, 1.165) is 25.7 Å². The van der Waals surface area contributed by atoms with Gasteiger partial charge in [-0.15, -0.1) is 0 Å². The van der Waals surface area contributed by atoms with Crippen molar-refractivity contribution in [1.82, 2.24) is 10.2 Å². The fourth-order valence-electron chi connectivity index (χ4n) is 2.51. The number of nitrogens with zero attached hydrogens (tertiary/aromatic N) is 1. The van der Waals surface area contributed by atoms with E-state index in [1.54, 1.807) is 0 Å². The van der Waals surface area contributed by atoms with Crippen molar-refractivity contribution in [3.05, 3.63) is 0 Å². The molecule has 1 heterocycles. The van der Waals surface area contributed by atoms with Crippen LogP contribution >= 0.6 is 0 Å². The lowest BCUT2D eigenvalue weighted by Gasteiger charge is -2.34. The summed E-state index contributed by atoms with van der Waals surface area (Å²) in [6.07, 6.45) is 4.38. The molecule has 2 aliphatic rings. The highest BCUT2D eigenvalue weighted by Crippen LogP contribution is 2.18. The van der Waals surface area contributed by atoms with E-state index in [4.69, 9.17) is 9.47 Å². The first-order chi connectivity index (χ1) is 8.72. The van der Waals surface area contributed by atoms with Crippen molar-refractivity contribution in [3.8, 4) is 0 Å². The molecule has 0 spiro atoms. The first kappa shape index (κ1) is 13.1. The van der Waals surface area contributed by atoms with Crippen molar-refractivity contribution in [1.29, 1.82) is 0 Å². The summed E-state index contributed by atoms with van der Waals surface area (Å²) in [6.45, 7) is 1.11. The Morgan fingerprint density at radius 3 is 2.72 bits per heavy atom. The second kappa shape index (κ2) is 6.04. The first-order valence-corrected chi connectivity index (χ1v) is 6.45. The summed E-state index contributed by atoms with van der Waals surface area (Å²) in [7, 11) is 1.32. The van der Waals surface area contributed by atoms with Crippen LogP contribution in [-0.4, -0.2) is 55.9 Å². The van der Waals surface area contributed by atoms with E-state index >= 15 is 0 Å². The molecule has 1 saturated carbocycles. The van der Waals surface area contributed by atoms with Crippen molar-refractivity contribution in [2.45, 2.75) is 37.8 Å². The Bertz CT molecular complexity index is 315. The second-order valence-electron chi connectivity index (χ2n) is 4.74. The van der Waals surface area contributed by atoms with Gasteiger partial charge in [-0.1, -0.05) is 12.8 Å². The molecule has 1 unspecified atom stereocenters. The summed E-state index contributed by atoms with van der Waals surface area (Å²) in [5.74, 6) is -0.420. The Kier molecular flexibility index (Phi) is 4.41. The Labute approximate surface area is 107 Å². The SMILES string of the molecule is COC(=O)C1COCCN1C(=O)NC1CCCC1. The number of nitrogens with one attached hydrogen (secondary N) is 1. The minimum Gasteiger partial charge on any atom is -0.467 e. The number of rotatable bonds is 2. The lowest BCUT2D eigenvalue weighted by atomic mass is 10.2. The van der Waals surface area contributed by atoms with Crippen LogP contribution in [0.15, 0.2) is 0 Å². The number of ether oxygens (including phenoxy) is 2. The van der Waals surface area contributed by atoms with E-state index in [1.165, 1.54) is 12.0 Å². The van der Waals surface area contributed by atoms with Gasteiger partial charge in [0.2, 0.25) is 0 Å². The number of methoxy groups -OCH3 is 1. The molecule has 1 atom stereocenters. The third-order valence-corrected chi connectivity index (χ3v) is 3.55. The zero-order chi connectivity index (χ0) is 13.0. The van der Waals surface area contributed by atoms with Crippen LogP contribution in [0.3, 0.4) is 0 Å². The van der Waals surface area contributed by atoms with Gasteiger partial charge in [0.25, 0.3) is 0 Å². The minimum absolute atomic E-state index is 0.180. The Morgan fingerprint density at radius 2 is 2.06 bits per heavy atom.